The summed E-state index contributed by atoms with van der Waals surface area (Å²) in [7, 11) is 4.09. The Kier molecular flexibility index (Phi) is 7.03. The summed E-state index contributed by atoms with van der Waals surface area (Å²) in [6.07, 6.45) is 0.0893. The predicted molar refractivity (Wildman–Crippen MR) is 120 cm³/mol. The van der Waals surface area contributed by atoms with Crippen LogP contribution in [0.3, 0.4) is 0 Å². The molecule has 0 saturated carbocycles. The summed E-state index contributed by atoms with van der Waals surface area (Å²) in [5, 5.41) is 6.73. The molecule has 0 aliphatic rings. The first-order valence-corrected chi connectivity index (χ1v) is 9.87. The van der Waals surface area contributed by atoms with Crippen molar-refractivity contribution in [2.75, 3.05) is 37.8 Å². The highest BCUT2D eigenvalue weighted by Crippen LogP contribution is 2.29. The van der Waals surface area contributed by atoms with E-state index in [1.54, 1.807) is 0 Å². The van der Waals surface area contributed by atoms with Crippen molar-refractivity contribution in [2.45, 2.75) is 20.0 Å². The van der Waals surface area contributed by atoms with Gasteiger partial charge in [0.1, 0.15) is 11.6 Å². The summed E-state index contributed by atoms with van der Waals surface area (Å²) in [6.45, 7) is 5.69. The van der Waals surface area contributed by atoms with Gasteiger partial charge in [0.2, 0.25) is 5.95 Å². The second-order valence-corrected chi connectivity index (χ2v) is 7.35. The third kappa shape index (κ3) is 6.19. The molecule has 0 aliphatic heterocycles. The van der Waals surface area contributed by atoms with Crippen LogP contribution in [0.25, 0.3) is 11.3 Å². The quantitative estimate of drug-likeness (QED) is 0.554. The molecule has 0 atom stereocenters. The van der Waals surface area contributed by atoms with E-state index in [9.17, 15) is 0 Å². The average Bonchev–Trinajstić information content (AvgIpc) is 2.69. The van der Waals surface area contributed by atoms with Crippen LogP contribution in [0.5, 0.6) is 5.75 Å². The van der Waals surface area contributed by atoms with E-state index in [-0.39, 0.29) is 6.10 Å². The van der Waals surface area contributed by atoms with Crippen molar-refractivity contribution in [2.24, 2.45) is 0 Å². The molecule has 0 radical (unpaired) electrons. The van der Waals surface area contributed by atoms with Crippen LogP contribution in [0.15, 0.2) is 60.7 Å². The fraction of sp³-hybridized carbons (Fsp3) is 0.304. The first-order chi connectivity index (χ1) is 14.0. The highest BCUT2D eigenvalue weighted by atomic mass is 16.5. The largest absolute Gasteiger partial charge is 0.489 e. The minimum Gasteiger partial charge on any atom is -0.489 e. The van der Waals surface area contributed by atoms with Gasteiger partial charge in [0.25, 0.3) is 0 Å². The first kappa shape index (κ1) is 20.6. The van der Waals surface area contributed by atoms with E-state index in [1.807, 2.05) is 88.6 Å². The Morgan fingerprint density at radius 2 is 1.69 bits per heavy atom. The van der Waals surface area contributed by atoms with Gasteiger partial charge in [0.05, 0.1) is 17.5 Å². The SMILES string of the molecule is CC(C)Oc1ccccc1Nc1cc(-c2ccccc2)nc(NCCN(C)C)n1. The summed E-state index contributed by atoms with van der Waals surface area (Å²) in [6, 6.07) is 20.0. The molecule has 3 rings (SSSR count). The lowest BCUT2D eigenvalue weighted by molar-refractivity contribution is 0.244. The lowest BCUT2D eigenvalue weighted by Gasteiger charge is -2.16. The second kappa shape index (κ2) is 9.89. The Bertz CT molecular complexity index is 912. The van der Waals surface area contributed by atoms with E-state index in [0.29, 0.717) is 11.8 Å². The van der Waals surface area contributed by atoms with Crippen LogP contribution < -0.4 is 15.4 Å². The molecule has 2 N–H and O–H groups in total. The summed E-state index contributed by atoms with van der Waals surface area (Å²) >= 11 is 0. The summed E-state index contributed by atoms with van der Waals surface area (Å²) in [4.78, 5) is 11.5. The van der Waals surface area contributed by atoms with Crippen molar-refractivity contribution in [3.8, 4) is 17.0 Å². The third-order valence-corrected chi connectivity index (χ3v) is 4.15. The van der Waals surface area contributed by atoms with Crippen LogP contribution in [0.1, 0.15) is 13.8 Å². The van der Waals surface area contributed by atoms with Crippen LogP contribution >= 0.6 is 0 Å². The van der Waals surface area contributed by atoms with Gasteiger partial charge in [-0.25, -0.2) is 4.98 Å². The number of nitrogens with one attached hydrogen (secondary N) is 2. The monoisotopic (exact) mass is 391 g/mol. The van der Waals surface area contributed by atoms with E-state index in [4.69, 9.17) is 9.72 Å². The Hall–Kier alpha value is -3.12. The fourth-order valence-corrected chi connectivity index (χ4v) is 2.80. The van der Waals surface area contributed by atoms with E-state index >= 15 is 0 Å². The van der Waals surface area contributed by atoms with Crippen LogP contribution in [0.4, 0.5) is 17.5 Å². The molecule has 6 heteroatoms. The fourth-order valence-electron chi connectivity index (χ4n) is 2.80. The van der Waals surface area contributed by atoms with Gasteiger partial charge in [-0.2, -0.15) is 4.98 Å². The maximum Gasteiger partial charge on any atom is 0.225 e. The number of para-hydroxylation sites is 2. The van der Waals surface area contributed by atoms with Gasteiger partial charge >= 0.3 is 0 Å². The van der Waals surface area contributed by atoms with Crippen molar-refractivity contribution in [1.82, 2.24) is 14.9 Å². The summed E-state index contributed by atoms with van der Waals surface area (Å²) < 4.78 is 5.93. The van der Waals surface area contributed by atoms with Gasteiger partial charge in [0, 0.05) is 24.7 Å². The number of hydrogen-bond donors (Lipinski definition) is 2. The van der Waals surface area contributed by atoms with Crippen molar-refractivity contribution in [1.29, 1.82) is 0 Å². The number of likely N-dealkylation sites (N-methyl/N-ethyl adjacent to an activating group) is 1. The molecule has 1 aromatic heterocycles. The van der Waals surface area contributed by atoms with Crippen LogP contribution in [0.2, 0.25) is 0 Å². The minimum atomic E-state index is 0.0893. The van der Waals surface area contributed by atoms with Gasteiger partial charge in [-0.1, -0.05) is 42.5 Å². The van der Waals surface area contributed by atoms with E-state index in [0.717, 1.165) is 35.8 Å². The smallest absolute Gasteiger partial charge is 0.225 e. The molecule has 29 heavy (non-hydrogen) atoms. The number of aromatic nitrogens is 2. The Morgan fingerprint density at radius 3 is 2.41 bits per heavy atom. The molecule has 6 nitrogen and oxygen atoms in total. The molecule has 0 spiro atoms. The van der Waals surface area contributed by atoms with Crippen molar-refractivity contribution in [3.05, 3.63) is 60.7 Å². The molecule has 0 unspecified atom stereocenters. The van der Waals surface area contributed by atoms with Gasteiger partial charge in [0.15, 0.2) is 0 Å². The Balaban J connectivity index is 1.91. The highest BCUT2D eigenvalue weighted by Gasteiger charge is 2.10. The molecule has 0 saturated heterocycles. The number of nitrogens with zero attached hydrogens (tertiary/aromatic N) is 3. The molecule has 152 valence electrons. The molecule has 2 aromatic carbocycles. The van der Waals surface area contributed by atoms with Crippen LogP contribution in [0, 0.1) is 0 Å². The van der Waals surface area contributed by atoms with Crippen molar-refractivity contribution >= 4 is 17.5 Å². The van der Waals surface area contributed by atoms with Crippen LogP contribution in [-0.4, -0.2) is 48.2 Å². The molecule has 0 fully saturated rings. The highest BCUT2D eigenvalue weighted by molar-refractivity contribution is 5.69. The third-order valence-electron chi connectivity index (χ3n) is 4.15. The van der Waals surface area contributed by atoms with Gasteiger partial charge in [-0.3, -0.25) is 0 Å². The topological polar surface area (TPSA) is 62.3 Å². The second-order valence-electron chi connectivity index (χ2n) is 7.35. The van der Waals surface area contributed by atoms with E-state index in [2.05, 4.69) is 20.5 Å². The number of benzene rings is 2. The van der Waals surface area contributed by atoms with Gasteiger partial charge in [-0.15, -0.1) is 0 Å². The number of anilines is 3. The molecule has 1 heterocycles. The molecule has 0 aliphatic carbocycles. The number of ether oxygens (including phenoxy) is 1. The Morgan fingerprint density at radius 1 is 0.966 bits per heavy atom. The van der Waals surface area contributed by atoms with Gasteiger partial charge < -0.3 is 20.3 Å². The van der Waals surface area contributed by atoms with Crippen LogP contribution in [-0.2, 0) is 0 Å². The average molecular weight is 392 g/mol. The zero-order valence-electron chi connectivity index (χ0n) is 17.5. The number of rotatable bonds is 9. The molecule has 3 aromatic rings. The lowest BCUT2D eigenvalue weighted by atomic mass is 10.1. The lowest BCUT2D eigenvalue weighted by Crippen LogP contribution is -2.21. The summed E-state index contributed by atoms with van der Waals surface area (Å²) in [5.74, 6) is 2.11. The predicted octanol–water partition coefficient (Wildman–Crippen LogP) is 4.65. The molecular weight excluding hydrogens is 362 g/mol. The maximum atomic E-state index is 5.93. The van der Waals surface area contributed by atoms with Crippen molar-refractivity contribution < 1.29 is 4.74 Å². The first-order valence-electron chi connectivity index (χ1n) is 9.87. The number of hydrogen-bond acceptors (Lipinski definition) is 6. The van der Waals surface area contributed by atoms with E-state index < -0.39 is 0 Å². The molecule has 0 bridgehead atoms. The normalized spacial score (nSPS) is 11.0. The van der Waals surface area contributed by atoms with Crippen molar-refractivity contribution in [3.63, 3.8) is 0 Å². The zero-order chi connectivity index (χ0) is 20.6. The minimum absolute atomic E-state index is 0.0893. The maximum absolute atomic E-state index is 5.93. The van der Waals surface area contributed by atoms with Gasteiger partial charge in [-0.05, 0) is 40.1 Å². The molecular formula is C23H29N5O. The zero-order valence-corrected chi connectivity index (χ0v) is 17.5. The molecule has 0 amide bonds. The summed E-state index contributed by atoms with van der Waals surface area (Å²) in [5.41, 5.74) is 2.77. The standard InChI is InChI=1S/C23H29N5O/c1-17(2)29-21-13-9-8-12-19(21)25-22-16-20(18-10-6-5-7-11-18)26-23(27-22)24-14-15-28(3)4/h5-13,16-17H,14-15H2,1-4H3,(H2,24,25,26,27). The van der Waals surface area contributed by atoms with E-state index in [1.165, 1.54) is 0 Å². The Labute approximate surface area is 173 Å².